The summed E-state index contributed by atoms with van der Waals surface area (Å²) in [5.74, 6) is 0.482. The number of pyridine rings is 1. The van der Waals surface area contributed by atoms with Gasteiger partial charge in [-0.25, -0.2) is 0 Å². The normalized spacial score (nSPS) is 16.8. The lowest BCUT2D eigenvalue weighted by Crippen LogP contribution is -2.07. The lowest BCUT2D eigenvalue weighted by atomic mass is 10.1. The van der Waals surface area contributed by atoms with Crippen molar-refractivity contribution in [3.8, 4) is 0 Å². The molecule has 1 aliphatic carbocycles. The zero-order valence-electron chi connectivity index (χ0n) is 8.57. The van der Waals surface area contributed by atoms with Gasteiger partial charge >= 0.3 is 0 Å². The quantitative estimate of drug-likeness (QED) is 0.521. The monoisotopic (exact) mass is 268 g/mol. The van der Waals surface area contributed by atoms with Crippen LogP contribution >= 0.6 is 15.9 Å². The average Bonchev–Trinajstić information content (AvgIpc) is 2.95. The highest BCUT2D eigenvalue weighted by Crippen LogP contribution is 2.31. The van der Waals surface area contributed by atoms with Crippen molar-refractivity contribution in [1.82, 2.24) is 4.98 Å². The van der Waals surface area contributed by atoms with Crippen molar-refractivity contribution in [2.24, 2.45) is 11.1 Å². The highest BCUT2D eigenvalue weighted by atomic mass is 79.9. The molecule has 1 aromatic heterocycles. The van der Waals surface area contributed by atoms with E-state index in [9.17, 15) is 0 Å². The van der Waals surface area contributed by atoms with Crippen LogP contribution in [0, 0.1) is 12.8 Å². The predicted molar refractivity (Wildman–Crippen MR) is 62.3 cm³/mol. The summed E-state index contributed by atoms with van der Waals surface area (Å²) in [4.78, 5) is 4.41. The maximum Gasteiger partial charge on any atom is 0.0661 e. The van der Waals surface area contributed by atoms with Gasteiger partial charge in [0.25, 0.3) is 0 Å². The molecule has 0 radical (unpaired) electrons. The molecule has 1 N–H and O–H groups in total. The second-order valence-corrected chi connectivity index (χ2v) is 4.88. The number of nitrogens with zero attached hydrogens (tertiary/aromatic N) is 2. The Morgan fingerprint density at radius 2 is 2.33 bits per heavy atom. The van der Waals surface area contributed by atoms with E-state index in [1.165, 1.54) is 0 Å². The van der Waals surface area contributed by atoms with Gasteiger partial charge in [0, 0.05) is 28.2 Å². The third-order valence-corrected chi connectivity index (χ3v) is 2.97. The SMILES string of the molecule is Cc1cc(Br)cc(CC(=NO)C2CC2)n1. The van der Waals surface area contributed by atoms with Crippen LogP contribution in [0.2, 0.25) is 0 Å². The van der Waals surface area contributed by atoms with Crippen molar-refractivity contribution in [2.45, 2.75) is 26.2 Å². The molecular formula is C11H13BrN2O. The van der Waals surface area contributed by atoms with Crippen molar-refractivity contribution in [3.05, 3.63) is 28.0 Å². The van der Waals surface area contributed by atoms with Gasteiger partial charge in [-0.1, -0.05) is 21.1 Å². The molecule has 3 nitrogen and oxygen atoms in total. The zero-order chi connectivity index (χ0) is 10.8. The van der Waals surface area contributed by atoms with E-state index in [0.717, 1.165) is 34.4 Å². The lowest BCUT2D eigenvalue weighted by Gasteiger charge is -2.04. The molecule has 0 unspecified atom stereocenters. The Bertz CT molecular complexity index is 379. The topological polar surface area (TPSA) is 45.5 Å². The summed E-state index contributed by atoms with van der Waals surface area (Å²) in [7, 11) is 0. The Morgan fingerprint density at radius 3 is 2.87 bits per heavy atom. The van der Waals surface area contributed by atoms with Crippen LogP contribution in [-0.4, -0.2) is 15.9 Å². The van der Waals surface area contributed by atoms with Gasteiger partial charge in [-0.15, -0.1) is 0 Å². The molecule has 1 aromatic rings. The Kier molecular flexibility index (Phi) is 3.05. The smallest absolute Gasteiger partial charge is 0.0661 e. The first-order valence-electron chi connectivity index (χ1n) is 5.03. The van der Waals surface area contributed by atoms with Crippen LogP contribution < -0.4 is 0 Å². The largest absolute Gasteiger partial charge is 0.411 e. The number of rotatable bonds is 3. The second-order valence-electron chi connectivity index (χ2n) is 3.96. The maximum atomic E-state index is 8.88. The third-order valence-electron chi connectivity index (χ3n) is 2.51. The molecule has 1 fully saturated rings. The zero-order valence-corrected chi connectivity index (χ0v) is 10.2. The number of hydrogen-bond donors (Lipinski definition) is 1. The molecule has 0 aromatic carbocycles. The van der Waals surface area contributed by atoms with Gasteiger partial charge in [0.1, 0.15) is 0 Å². The number of oxime groups is 1. The maximum absolute atomic E-state index is 8.88. The summed E-state index contributed by atoms with van der Waals surface area (Å²) in [5.41, 5.74) is 2.80. The van der Waals surface area contributed by atoms with Crippen molar-refractivity contribution in [1.29, 1.82) is 0 Å². The molecule has 1 aliphatic rings. The predicted octanol–water partition coefficient (Wildman–Crippen LogP) is 2.94. The van der Waals surface area contributed by atoms with Gasteiger partial charge in [-0.2, -0.15) is 0 Å². The molecule has 15 heavy (non-hydrogen) atoms. The average molecular weight is 269 g/mol. The third kappa shape index (κ3) is 2.78. The van der Waals surface area contributed by atoms with Crippen LogP contribution in [0.15, 0.2) is 21.8 Å². The van der Waals surface area contributed by atoms with Gasteiger partial charge in [-0.3, -0.25) is 4.98 Å². The Labute approximate surface area is 97.3 Å². The minimum atomic E-state index is 0.482. The van der Waals surface area contributed by atoms with Crippen LogP contribution in [-0.2, 0) is 6.42 Å². The van der Waals surface area contributed by atoms with E-state index in [1.807, 2.05) is 19.1 Å². The Balaban J connectivity index is 2.15. The van der Waals surface area contributed by atoms with Gasteiger partial charge in [0.15, 0.2) is 0 Å². The molecule has 2 rings (SSSR count). The van der Waals surface area contributed by atoms with Crippen LogP contribution in [0.4, 0.5) is 0 Å². The second kappa shape index (κ2) is 4.31. The molecule has 0 spiro atoms. The minimum absolute atomic E-state index is 0.482. The van der Waals surface area contributed by atoms with Gasteiger partial charge in [-0.05, 0) is 31.9 Å². The van der Waals surface area contributed by atoms with Crippen molar-refractivity contribution < 1.29 is 5.21 Å². The molecule has 80 valence electrons. The highest BCUT2D eigenvalue weighted by Gasteiger charge is 2.28. The van der Waals surface area contributed by atoms with E-state index in [-0.39, 0.29) is 0 Å². The lowest BCUT2D eigenvalue weighted by molar-refractivity contribution is 0.316. The summed E-state index contributed by atoms with van der Waals surface area (Å²) in [6.07, 6.45) is 2.94. The summed E-state index contributed by atoms with van der Waals surface area (Å²) in [6.45, 7) is 1.96. The number of hydrogen-bond acceptors (Lipinski definition) is 3. The van der Waals surface area contributed by atoms with Crippen molar-refractivity contribution in [2.75, 3.05) is 0 Å². The Hall–Kier alpha value is -0.900. The molecule has 1 saturated carbocycles. The van der Waals surface area contributed by atoms with Gasteiger partial charge < -0.3 is 5.21 Å². The summed E-state index contributed by atoms with van der Waals surface area (Å²) in [6, 6.07) is 3.94. The number of halogens is 1. The first kappa shape index (κ1) is 10.6. The standard InChI is InChI=1S/C11H13BrN2O/c1-7-4-9(12)5-10(13-7)6-11(14-15)8-2-3-8/h4-5,8,15H,2-3,6H2,1H3. The van der Waals surface area contributed by atoms with E-state index in [4.69, 9.17) is 5.21 Å². The van der Waals surface area contributed by atoms with Crippen molar-refractivity contribution >= 4 is 21.6 Å². The molecule has 0 bridgehead atoms. The molecule has 0 saturated heterocycles. The molecule has 1 heterocycles. The fourth-order valence-electron chi connectivity index (χ4n) is 1.65. The summed E-state index contributed by atoms with van der Waals surface area (Å²) >= 11 is 3.44. The Morgan fingerprint density at radius 1 is 1.60 bits per heavy atom. The molecule has 4 heteroatoms. The summed E-state index contributed by atoms with van der Waals surface area (Å²) in [5, 5.41) is 12.3. The van der Waals surface area contributed by atoms with Crippen LogP contribution in [0.1, 0.15) is 24.2 Å². The van der Waals surface area contributed by atoms with Gasteiger partial charge in [0.05, 0.1) is 5.71 Å². The fourth-order valence-corrected chi connectivity index (χ4v) is 2.24. The summed E-state index contributed by atoms with van der Waals surface area (Å²) < 4.78 is 1.03. The fraction of sp³-hybridized carbons (Fsp3) is 0.455. The van der Waals surface area contributed by atoms with Crippen LogP contribution in [0.25, 0.3) is 0 Å². The van der Waals surface area contributed by atoms with E-state index in [1.54, 1.807) is 0 Å². The molecule has 0 amide bonds. The number of aryl methyl sites for hydroxylation is 1. The molecule has 0 atom stereocenters. The minimum Gasteiger partial charge on any atom is -0.411 e. The van der Waals surface area contributed by atoms with Crippen molar-refractivity contribution in [3.63, 3.8) is 0 Å². The van der Waals surface area contributed by atoms with E-state index >= 15 is 0 Å². The highest BCUT2D eigenvalue weighted by molar-refractivity contribution is 9.10. The van der Waals surface area contributed by atoms with E-state index < -0.39 is 0 Å². The molecular weight excluding hydrogens is 256 g/mol. The first-order valence-corrected chi connectivity index (χ1v) is 5.82. The van der Waals surface area contributed by atoms with Crippen LogP contribution in [0.3, 0.4) is 0 Å². The van der Waals surface area contributed by atoms with Gasteiger partial charge in [0.2, 0.25) is 0 Å². The van der Waals surface area contributed by atoms with E-state index in [2.05, 4.69) is 26.1 Å². The first-order chi connectivity index (χ1) is 7.19. The number of aromatic nitrogens is 1. The van der Waals surface area contributed by atoms with Crippen LogP contribution in [0.5, 0.6) is 0 Å². The molecule has 0 aliphatic heterocycles. The van der Waals surface area contributed by atoms with E-state index in [0.29, 0.717) is 12.3 Å².